The topological polar surface area (TPSA) is 32.6 Å². The summed E-state index contributed by atoms with van der Waals surface area (Å²) in [6, 6.07) is 10.5. The van der Waals surface area contributed by atoms with Crippen LogP contribution in [0.2, 0.25) is 0 Å². The van der Waals surface area contributed by atoms with Gasteiger partial charge in [0.05, 0.1) is 7.05 Å². The zero-order valence-corrected chi connectivity index (χ0v) is 9.89. The molecule has 0 aliphatic carbocycles. The van der Waals surface area contributed by atoms with Crippen molar-refractivity contribution < 1.29 is 4.57 Å². The quantitative estimate of drug-likeness (QED) is 0.444. The van der Waals surface area contributed by atoms with E-state index in [0.29, 0.717) is 0 Å². The number of hydrogen-bond acceptors (Lipinski definition) is 2. The third-order valence-electron chi connectivity index (χ3n) is 2.03. The Morgan fingerprint density at radius 2 is 2.00 bits per heavy atom. The zero-order valence-electron chi connectivity index (χ0n) is 9.08. The predicted octanol–water partition coefficient (Wildman–Crippen LogP) is 1.38. The highest BCUT2D eigenvalue weighted by Gasteiger charge is 1.99. The molecule has 0 amide bonds. The highest BCUT2D eigenvalue weighted by Crippen LogP contribution is 1.96. The van der Waals surface area contributed by atoms with Crippen molar-refractivity contribution in [1.82, 2.24) is 4.57 Å². The molecule has 2 aromatic rings. The van der Waals surface area contributed by atoms with Gasteiger partial charge in [0.25, 0.3) is 0 Å². The van der Waals surface area contributed by atoms with Crippen LogP contribution >= 0.6 is 0 Å². The summed E-state index contributed by atoms with van der Waals surface area (Å²) >= 11 is 3.70. The van der Waals surface area contributed by atoms with E-state index in [1.165, 1.54) is 11.0 Å². The maximum Gasteiger partial charge on any atom is 0.243 e. The molecule has 4 heteroatoms. The average molecular weight is 231 g/mol. The van der Waals surface area contributed by atoms with Gasteiger partial charge in [-0.1, -0.05) is 35.7 Å². The van der Waals surface area contributed by atoms with Crippen LogP contribution in [0.15, 0.2) is 49.1 Å². The summed E-state index contributed by atoms with van der Waals surface area (Å²) in [7, 11) is 2.03. The SMILES string of the molecule is Cn1cc[n+](Cc2ccccc2)c1.N#C[S-]. The standard InChI is InChI=1S/C11H13N2.CHNS/c1-12-7-8-13(10-12)9-11-5-3-2-4-6-11;2-1-3/h2-8,10H,9H2,1H3;3H/q+1;/p-1. The van der Waals surface area contributed by atoms with Crippen LogP contribution in [0.4, 0.5) is 0 Å². The van der Waals surface area contributed by atoms with Gasteiger partial charge in [-0.15, -0.1) is 0 Å². The van der Waals surface area contributed by atoms with Crippen molar-refractivity contribution in [1.29, 1.82) is 5.26 Å². The van der Waals surface area contributed by atoms with Gasteiger partial charge in [0, 0.05) is 0 Å². The summed E-state index contributed by atoms with van der Waals surface area (Å²) in [4.78, 5) is 0. The fourth-order valence-electron chi connectivity index (χ4n) is 1.39. The first-order chi connectivity index (χ1) is 7.76. The van der Waals surface area contributed by atoms with Gasteiger partial charge >= 0.3 is 0 Å². The fourth-order valence-corrected chi connectivity index (χ4v) is 1.39. The van der Waals surface area contributed by atoms with E-state index in [9.17, 15) is 0 Å². The lowest BCUT2D eigenvalue weighted by molar-refractivity contribution is -0.687. The minimum atomic E-state index is 0.946. The van der Waals surface area contributed by atoms with Crippen LogP contribution in [0.1, 0.15) is 5.56 Å². The number of rotatable bonds is 2. The molecule has 2 rings (SSSR count). The van der Waals surface area contributed by atoms with Crippen molar-refractivity contribution in [3.8, 4) is 5.40 Å². The van der Waals surface area contributed by atoms with Crippen molar-refractivity contribution >= 4 is 12.6 Å². The first-order valence-corrected chi connectivity index (χ1v) is 5.23. The number of hydrogen-bond donors (Lipinski definition) is 0. The third-order valence-corrected chi connectivity index (χ3v) is 2.03. The summed E-state index contributed by atoms with van der Waals surface area (Å²) in [6.07, 6.45) is 6.20. The molecule has 0 fully saturated rings. The van der Waals surface area contributed by atoms with E-state index in [2.05, 4.69) is 54.0 Å². The van der Waals surface area contributed by atoms with Gasteiger partial charge in [0.1, 0.15) is 18.9 Å². The minimum Gasteiger partial charge on any atom is -0.696 e. The van der Waals surface area contributed by atoms with Gasteiger partial charge in [-0.25, -0.2) is 14.4 Å². The van der Waals surface area contributed by atoms with Crippen molar-refractivity contribution in [2.45, 2.75) is 6.54 Å². The zero-order chi connectivity index (χ0) is 11.8. The molecule has 0 saturated heterocycles. The van der Waals surface area contributed by atoms with Gasteiger partial charge in [-0.3, -0.25) is 0 Å². The van der Waals surface area contributed by atoms with E-state index in [0.717, 1.165) is 6.54 Å². The number of aromatic nitrogens is 2. The number of thiocyanates is 1. The summed E-state index contributed by atoms with van der Waals surface area (Å²) in [5.41, 5.74) is 1.33. The summed E-state index contributed by atoms with van der Waals surface area (Å²) < 4.78 is 4.21. The smallest absolute Gasteiger partial charge is 0.243 e. The Balaban J connectivity index is 0.000000386. The molecule has 16 heavy (non-hydrogen) atoms. The largest absolute Gasteiger partial charge is 0.696 e. The third kappa shape index (κ3) is 4.11. The molecule has 0 bridgehead atoms. The van der Waals surface area contributed by atoms with Crippen molar-refractivity contribution in [2.75, 3.05) is 0 Å². The molecule has 3 nitrogen and oxygen atoms in total. The monoisotopic (exact) mass is 231 g/mol. The number of nitriles is 1. The van der Waals surface area contributed by atoms with Crippen LogP contribution in [0.3, 0.4) is 0 Å². The highest BCUT2D eigenvalue weighted by molar-refractivity contribution is 7.64. The maximum atomic E-state index is 7.13. The van der Waals surface area contributed by atoms with E-state index in [4.69, 9.17) is 5.26 Å². The second-order valence-corrected chi connectivity index (χ2v) is 3.51. The van der Waals surface area contributed by atoms with Crippen LogP contribution in [-0.2, 0) is 26.2 Å². The van der Waals surface area contributed by atoms with Gasteiger partial charge in [-0.2, -0.15) is 0 Å². The first-order valence-electron chi connectivity index (χ1n) is 4.82. The second kappa shape index (κ2) is 6.59. The molecule has 82 valence electrons. The maximum absolute atomic E-state index is 7.13. The Hall–Kier alpha value is -1.86. The molecule has 0 aliphatic rings. The van der Waals surface area contributed by atoms with Crippen molar-refractivity contribution in [3.63, 3.8) is 0 Å². The number of nitrogens with zero attached hydrogens (tertiary/aromatic N) is 3. The molecule has 0 atom stereocenters. The van der Waals surface area contributed by atoms with Gasteiger partial charge in [0.2, 0.25) is 6.33 Å². The van der Waals surface area contributed by atoms with E-state index in [-0.39, 0.29) is 0 Å². The molecule has 0 spiro atoms. The van der Waals surface area contributed by atoms with Crippen LogP contribution in [0, 0.1) is 10.7 Å². The molecular formula is C12H13N3S. The second-order valence-electron chi connectivity index (χ2n) is 3.33. The van der Waals surface area contributed by atoms with Crippen LogP contribution < -0.4 is 4.57 Å². The molecule has 1 aromatic heterocycles. The lowest BCUT2D eigenvalue weighted by atomic mass is 10.2. The average Bonchev–Trinajstić information content (AvgIpc) is 2.67. The Kier molecular flexibility index (Phi) is 5.03. The van der Waals surface area contributed by atoms with Crippen LogP contribution in [0.5, 0.6) is 0 Å². The predicted molar refractivity (Wildman–Crippen MR) is 64.1 cm³/mol. The molecule has 1 heterocycles. The summed E-state index contributed by atoms with van der Waals surface area (Å²) in [6.45, 7) is 0.946. The Morgan fingerprint density at radius 1 is 1.38 bits per heavy atom. The van der Waals surface area contributed by atoms with E-state index in [1.807, 2.05) is 23.9 Å². The first kappa shape index (κ1) is 12.2. The van der Waals surface area contributed by atoms with Crippen LogP contribution in [0.25, 0.3) is 0 Å². The number of benzene rings is 1. The van der Waals surface area contributed by atoms with Gasteiger partial charge in [-0.05, 0) is 5.56 Å². The molecule has 0 saturated carbocycles. The molecule has 0 radical (unpaired) electrons. The lowest BCUT2D eigenvalue weighted by Gasteiger charge is -1.95. The van der Waals surface area contributed by atoms with Gasteiger partial charge < -0.3 is 12.6 Å². The van der Waals surface area contributed by atoms with E-state index in [1.54, 1.807) is 0 Å². The number of aryl methyl sites for hydroxylation is 1. The lowest BCUT2D eigenvalue weighted by Crippen LogP contribution is -2.31. The minimum absolute atomic E-state index is 0.946. The van der Waals surface area contributed by atoms with E-state index >= 15 is 0 Å². The van der Waals surface area contributed by atoms with E-state index < -0.39 is 0 Å². The summed E-state index contributed by atoms with van der Waals surface area (Å²) in [5, 5.41) is 8.47. The molecule has 0 N–H and O–H groups in total. The van der Waals surface area contributed by atoms with Gasteiger partial charge in [0.15, 0.2) is 0 Å². The molecule has 0 unspecified atom stereocenters. The highest BCUT2D eigenvalue weighted by atomic mass is 32.1. The summed E-state index contributed by atoms with van der Waals surface area (Å²) in [5.74, 6) is 0. The Labute approximate surface area is 101 Å². The normalized spacial score (nSPS) is 8.75. The van der Waals surface area contributed by atoms with Crippen LogP contribution in [-0.4, -0.2) is 4.57 Å². The Bertz CT molecular complexity index is 457. The molecule has 1 aromatic carbocycles. The van der Waals surface area contributed by atoms with Crippen molar-refractivity contribution in [3.05, 3.63) is 54.6 Å². The fraction of sp³-hybridized carbons (Fsp3) is 0.167. The molecular weight excluding hydrogens is 218 g/mol. The Morgan fingerprint density at radius 3 is 2.50 bits per heavy atom. The molecule has 0 aliphatic heterocycles. The number of imidazole rings is 1. The van der Waals surface area contributed by atoms with Crippen molar-refractivity contribution in [2.24, 2.45) is 7.05 Å².